The van der Waals surface area contributed by atoms with Gasteiger partial charge >= 0.3 is 0 Å². The summed E-state index contributed by atoms with van der Waals surface area (Å²) in [6.45, 7) is 3.73. The van der Waals surface area contributed by atoms with Crippen LogP contribution in [0.5, 0.6) is 0 Å². The lowest BCUT2D eigenvalue weighted by Gasteiger charge is -2.21. The van der Waals surface area contributed by atoms with E-state index >= 15 is 0 Å². The van der Waals surface area contributed by atoms with Crippen LogP contribution >= 0.6 is 23.2 Å². The van der Waals surface area contributed by atoms with E-state index in [1.54, 1.807) is 24.3 Å². The second-order valence-corrected chi connectivity index (χ2v) is 8.00. The monoisotopic (exact) mass is 417 g/mol. The summed E-state index contributed by atoms with van der Waals surface area (Å²) in [5.74, 6) is -0.318. The summed E-state index contributed by atoms with van der Waals surface area (Å²) in [5.41, 5.74) is 5.25. The first kappa shape index (κ1) is 19.3. The molecular weight excluding hydrogens is 400 g/mol. The van der Waals surface area contributed by atoms with E-state index in [4.69, 9.17) is 28.2 Å². The van der Waals surface area contributed by atoms with E-state index in [1.807, 2.05) is 13.8 Å². The molecule has 0 aliphatic heterocycles. The standard InChI is InChI=1S/C22H18Cl2FNO2/c1-10(2)20-15(9-27)18(11-3-5-12(25)6-4-11)19-21(26-20)13-7-16(23)17(24)8-14(13)22(19)28/h3-8,10,22,27-28H,9H2,1-2H3. The van der Waals surface area contributed by atoms with Gasteiger partial charge in [0, 0.05) is 22.4 Å². The Balaban J connectivity index is 2.11. The first-order valence-electron chi connectivity index (χ1n) is 8.94. The van der Waals surface area contributed by atoms with Crippen molar-refractivity contribution < 1.29 is 14.6 Å². The highest BCUT2D eigenvalue weighted by atomic mass is 35.5. The molecule has 0 bridgehead atoms. The average molecular weight is 418 g/mol. The predicted molar refractivity (Wildman–Crippen MR) is 109 cm³/mol. The van der Waals surface area contributed by atoms with Gasteiger partial charge in [-0.25, -0.2) is 4.39 Å². The number of hydrogen-bond donors (Lipinski definition) is 2. The summed E-state index contributed by atoms with van der Waals surface area (Å²) >= 11 is 12.4. The van der Waals surface area contributed by atoms with Crippen molar-refractivity contribution in [3.63, 3.8) is 0 Å². The predicted octanol–water partition coefficient (Wildman–Crippen LogP) is 5.87. The highest BCUT2D eigenvalue weighted by Crippen LogP contribution is 2.50. The van der Waals surface area contributed by atoms with Crippen LogP contribution in [-0.4, -0.2) is 15.2 Å². The van der Waals surface area contributed by atoms with Gasteiger partial charge in [-0.15, -0.1) is 0 Å². The van der Waals surface area contributed by atoms with E-state index in [-0.39, 0.29) is 18.3 Å². The zero-order valence-corrected chi connectivity index (χ0v) is 16.8. The highest BCUT2D eigenvalue weighted by Gasteiger charge is 2.35. The number of aliphatic hydroxyl groups is 2. The van der Waals surface area contributed by atoms with Crippen LogP contribution in [0.25, 0.3) is 22.4 Å². The van der Waals surface area contributed by atoms with Crippen molar-refractivity contribution in [3.8, 4) is 22.4 Å². The lowest BCUT2D eigenvalue weighted by atomic mass is 9.89. The Morgan fingerprint density at radius 1 is 1.11 bits per heavy atom. The molecule has 28 heavy (non-hydrogen) atoms. The molecule has 6 heteroatoms. The van der Waals surface area contributed by atoms with Gasteiger partial charge in [0.25, 0.3) is 0 Å². The minimum atomic E-state index is -0.973. The third kappa shape index (κ3) is 2.92. The number of pyridine rings is 1. The third-order valence-corrected chi connectivity index (χ3v) is 5.84. The molecule has 0 amide bonds. The second-order valence-electron chi connectivity index (χ2n) is 7.19. The first-order chi connectivity index (χ1) is 13.3. The van der Waals surface area contributed by atoms with Crippen LogP contribution in [0.3, 0.4) is 0 Å². The molecule has 4 rings (SSSR count). The smallest absolute Gasteiger partial charge is 0.123 e. The van der Waals surface area contributed by atoms with Gasteiger partial charge in [0.05, 0.1) is 22.3 Å². The molecular formula is C22H18Cl2FNO2. The lowest BCUT2D eigenvalue weighted by molar-refractivity contribution is 0.225. The van der Waals surface area contributed by atoms with E-state index < -0.39 is 6.10 Å². The van der Waals surface area contributed by atoms with Crippen LogP contribution in [0.1, 0.15) is 48.3 Å². The minimum Gasteiger partial charge on any atom is -0.392 e. The summed E-state index contributed by atoms with van der Waals surface area (Å²) in [6, 6.07) is 9.36. The van der Waals surface area contributed by atoms with Crippen LogP contribution in [0.15, 0.2) is 36.4 Å². The number of benzene rings is 2. The van der Waals surface area contributed by atoms with E-state index in [0.717, 1.165) is 5.69 Å². The van der Waals surface area contributed by atoms with Crippen molar-refractivity contribution in [2.45, 2.75) is 32.5 Å². The Hall–Kier alpha value is -1.98. The largest absolute Gasteiger partial charge is 0.392 e. The Kier molecular flexibility index (Phi) is 4.92. The van der Waals surface area contributed by atoms with Gasteiger partial charge < -0.3 is 10.2 Å². The maximum Gasteiger partial charge on any atom is 0.123 e. The van der Waals surface area contributed by atoms with E-state index in [1.165, 1.54) is 12.1 Å². The molecule has 0 radical (unpaired) electrons. The van der Waals surface area contributed by atoms with Gasteiger partial charge in [0.2, 0.25) is 0 Å². The van der Waals surface area contributed by atoms with Gasteiger partial charge in [0.15, 0.2) is 0 Å². The minimum absolute atomic E-state index is 0.0376. The molecule has 1 unspecified atom stereocenters. The molecule has 1 aliphatic rings. The van der Waals surface area contributed by atoms with E-state index in [9.17, 15) is 14.6 Å². The molecule has 2 aromatic carbocycles. The molecule has 1 atom stereocenters. The van der Waals surface area contributed by atoms with Gasteiger partial charge in [-0.1, -0.05) is 49.2 Å². The highest BCUT2D eigenvalue weighted by molar-refractivity contribution is 6.42. The fourth-order valence-corrected chi connectivity index (χ4v) is 4.20. The topological polar surface area (TPSA) is 53.4 Å². The number of hydrogen-bond acceptors (Lipinski definition) is 3. The Bertz CT molecular complexity index is 1080. The van der Waals surface area contributed by atoms with Gasteiger partial charge in [-0.3, -0.25) is 4.98 Å². The molecule has 1 heterocycles. The van der Waals surface area contributed by atoms with Crippen LogP contribution in [-0.2, 0) is 6.61 Å². The molecule has 144 valence electrons. The van der Waals surface area contributed by atoms with Crippen LogP contribution < -0.4 is 0 Å². The molecule has 3 nitrogen and oxygen atoms in total. The lowest BCUT2D eigenvalue weighted by Crippen LogP contribution is -2.08. The fraction of sp³-hybridized carbons (Fsp3) is 0.227. The fourth-order valence-electron chi connectivity index (χ4n) is 3.86. The quantitative estimate of drug-likeness (QED) is 0.559. The SMILES string of the molecule is CC(C)c1nc2c(c(-c3ccc(F)cc3)c1CO)C(O)c1cc(Cl)c(Cl)cc1-2. The molecule has 0 spiro atoms. The summed E-state index contributed by atoms with van der Waals surface area (Å²) in [7, 11) is 0. The van der Waals surface area contributed by atoms with Crippen molar-refractivity contribution in [1.82, 2.24) is 4.98 Å². The van der Waals surface area contributed by atoms with Crippen LogP contribution in [0, 0.1) is 5.82 Å². The van der Waals surface area contributed by atoms with Crippen molar-refractivity contribution >= 4 is 23.2 Å². The molecule has 1 aliphatic carbocycles. The van der Waals surface area contributed by atoms with Gasteiger partial charge in [-0.05, 0) is 46.9 Å². The van der Waals surface area contributed by atoms with Gasteiger partial charge in [0.1, 0.15) is 11.9 Å². The maximum absolute atomic E-state index is 13.5. The number of aliphatic hydroxyl groups excluding tert-OH is 2. The number of halogens is 3. The average Bonchev–Trinajstić information content (AvgIpc) is 2.93. The first-order valence-corrected chi connectivity index (χ1v) is 9.69. The number of fused-ring (bicyclic) bond motifs is 3. The van der Waals surface area contributed by atoms with Gasteiger partial charge in [-0.2, -0.15) is 0 Å². The molecule has 1 aromatic heterocycles. The number of aromatic nitrogens is 1. The summed E-state index contributed by atoms with van der Waals surface area (Å²) in [6.07, 6.45) is -0.973. The summed E-state index contributed by atoms with van der Waals surface area (Å²) in [4.78, 5) is 4.79. The van der Waals surface area contributed by atoms with Crippen molar-refractivity contribution in [3.05, 3.63) is 74.6 Å². The zero-order chi connectivity index (χ0) is 20.2. The Morgan fingerprint density at radius 2 is 1.75 bits per heavy atom. The molecule has 0 fully saturated rings. The molecule has 0 saturated carbocycles. The van der Waals surface area contributed by atoms with E-state index in [0.29, 0.717) is 49.1 Å². The second kappa shape index (κ2) is 7.12. The summed E-state index contributed by atoms with van der Waals surface area (Å²) in [5, 5.41) is 22.0. The van der Waals surface area contributed by atoms with Crippen molar-refractivity contribution in [2.75, 3.05) is 0 Å². The number of rotatable bonds is 3. The number of nitrogens with zero attached hydrogens (tertiary/aromatic N) is 1. The third-order valence-electron chi connectivity index (χ3n) is 5.12. The zero-order valence-electron chi connectivity index (χ0n) is 15.3. The van der Waals surface area contributed by atoms with Crippen LogP contribution in [0.2, 0.25) is 10.0 Å². The Labute approximate surface area is 172 Å². The van der Waals surface area contributed by atoms with E-state index in [2.05, 4.69) is 0 Å². The van der Waals surface area contributed by atoms with Crippen LogP contribution in [0.4, 0.5) is 4.39 Å². The summed E-state index contributed by atoms with van der Waals surface area (Å²) < 4.78 is 13.5. The van der Waals surface area contributed by atoms with Crippen molar-refractivity contribution in [1.29, 1.82) is 0 Å². The Morgan fingerprint density at radius 3 is 2.36 bits per heavy atom. The molecule has 3 aromatic rings. The normalized spacial score (nSPS) is 15.1. The maximum atomic E-state index is 13.5. The van der Waals surface area contributed by atoms with Crippen molar-refractivity contribution in [2.24, 2.45) is 0 Å². The molecule has 2 N–H and O–H groups in total. The molecule has 0 saturated heterocycles.